The molecule has 0 amide bonds. The summed E-state index contributed by atoms with van der Waals surface area (Å²) >= 11 is 1.90. The van der Waals surface area contributed by atoms with Gasteiger partial charge in [0, 0.05) is 10.6 Å². The Morgan fingerprint density at radius 1 is 0.842 bits per heavy atom. The molecule has 0 aromatic heterocycles. The van der Waals surface area contributed by atoms with Crippen molar-refractivity contribution in [1.82, 2.24) is 0 Å². The van der Waals surface area contributed by atoms with E-state index in [0.717, 1.165) is 5.75 Å². The van der Waals surface area contributed by atoms with Gasteiger partial charge in [-0.1, -0.05) is 62.7 Å². The third kappa shape index (κ3) is 4.14. The van der Waals surface area contributed by atoms with E-state index >= 15 is 0 Å². The summed E-state index contributed by atoms with van der Waals surface area (Å²) in [6, 6.07) is 17.8. The molecule has 100 valence electrons. The van der Waals surface area contributed by atoms with Gasteiger partial charge in [0.1, 0.15) is 0 Å². The summed E-state index contributed by atoms with van der Waals surface area (Å²) in [5, 5.41) is 0. The lowest BCUT2D eigenvalue weighted by Gasteiger charge is -2.19. The summed E-state index contributed by atoms with van der Waals surface area (Å²) in [6.45, 7) is 8.88. The van der Waals surface area contributed by atoms with Gasteiger partial charge in [0.05, 0.1) is 0 Å². The fraction of sp³-hybridized carbons (Fsp3) is 0.333. The third-order valence-corrected chi connectivity index (χ3v) is 4.33. The Bertz CT molecular complexity index is 515. The lowest BCUT2D eigenvalue weighted by molar-refractivity contribution is 0.590. The van der Waals surface area contributed by atoms with E-state index in [0.29, 0.717) is 0 Å². The molecule has 0 bridgehead atoms. The summed E-state index contributed by atoms with van der Waals surface area (Å²) < 4.78 is 0. The van der Waals surface area contributed by atoms with Crippen molar-refractivity contribution in [3.8, 4) is 0 Å². The predicted molar refractivity (Wildman–Crippen MR) is 85.9 cm³/mol. The minimum Gasteiger partial charge on any atom is -0.121 e. The number of benzene rings is 2. The Morgan fingerprint density at radius 3 is 1.95 bits per heavy atom. The zero-order chi connectivity index (χ0) is 13.9. The van der Waals surface area contributed by atoms with Crippen molar-refractivity contribution in [3.63, 3.8) is 0 Å². The van der Waals surface area contributed by atoms with Crippen LogP contribution in [0.3, 0.4) is 0 Å². The normalized spacial score (nSPS) is 11.6. The molecule has 2 aromatic carbocycles. The number of hydrogen-bond acceptors (Lipinski definition) is 1. The SMILES string of the molecule is Cc1ccc(CSc2ccc(C(C)(C)C)cc2)cc1. The Kier molecular flexibility index (Phi) is 4.36. The molecule has 0 saturated carbocycles. The van der Waals surface area contributed by atoms with Crippen LogP contribution in [0.15, 0.2) is 53.4 Å². The minimum absolute atomic E-state index is 0.236. The second-order valence-electron chi connectivity index (χ2n) is 6.05. The van der Waals surface area contributed by atoms with Crippen molar-refractivity contribution in [3.05, 3.63) is 65.2 Å². The van der Waals surface area contributed by atoms with Crippen LogP contribution in [0, 0.1) is 6.92 Å². The van der Waals surface area contributed by atoms with E-state index in [9.17, 15) is 0 Å². The highest BCUT2D eigenvalue weighted by Crippen LogP contribution is 2.27. The Morgan fingerprint density at radius 2 is 1.42 bits per heavy atom. The number of aryl methyl sites for hydroxylation is 1. The van der Waals surface area contributed by atoms with Crippen molar-refractivity contribution in [2.45, 2.75) is 43.8 Å². The van der Waals surface area contributed by atoms with Crippen LogP contribution in [0.4, 0.5) is 0 Å². The van der Waals surface area contributed by atoms with Crippen LogP contribution in [0.1, 0.15) is 37.5 Å². The first-order valence-corrected chi connectivity index (χ1v) is 7.72. The van der Waals surface area contributed by atoms with Gasteiger partial charge in [0.15, 0.2) is 0 Å². The van der Waals surface area contributed by atoms with Crippen LogP contribution in [0.5, 0.6) is 0 Å². The van der Waals surface area contributed by atoms with Gasteiger partial charge in [-0.3, -0.25) is 0 Å². The fourth-order valence-corrected chi connectivity index (χ4v) is 2.76. The summed E-state index contributed by atoms with van der Waals surface area (Å²) in [4.78, 5) is 1.34. The van der Waals surface area contributed by atoms with E-state index in [-0.39, 0.29) is 5.41 Å². The molecule has 0 aliphatic rings. The summed E-state index contributed by atoms with van der Waals surface area (Å²) in [5.41, 5.74) is 4.34. The van der Waals surface area contributed by atoms with Crippen molar-refractivity contribution in [1.29, 1.82) is 0 Å². The first-order valence-electron chi connectivity index (χ1n) is 6.74. The summed E-state index contributed by atoms with van der Waals surface area (Å²) in [7, 11) is 0. The molecular formula is C18H22S. The average molecular weight is 270 g/mol. The molecule has 0 unspecified atom stereocenters. The highest BCUT2D eigenvalue weighted by Gasteiger charge is 2.12. The van der Waals surface area contributed by atoms with Crippen LogP contribution in [-0.2, 0) is 11.2 Å². The number of rotatable bonds is 3. The largest absolute Gasteiger partial charge is 0.121 e. The Balaban J connectivity index is 1.98. The highest BCUT2D eigenvalue weighted by molar-refractivity contribution is 7.98. The maximum absolute atomic E-state index is 2.25. The lowest BCUT2D eigenvalue weighted by atomic mass is 9.87. The van der Waals surface area contributed by atoms with Gasteiger partial charge in [-0.2, -0.15) is 0 Å². The molecule has 0 aliphatic carbocycles. The van der Waals surface area contributed by atoms with Gasteiger partial charge in [-0.15, -0.1) is 11.8 Å². The Hall–Kier alpha value is -1.21. The van der Waals surface area contributed by atoms with Gasteiger partial charge < -0.3 is 0 Å². The van der Waals surface area contributed by atoms with Crippen LogP contribution >= 0.6 is 11.8 Å². The molecule has 1 heteroatoms. The van der Waals surface area contributed by atoms with Crippen LogP contribution < -0.4 is 0 Å². The van der Waals surface area contributed by atoms with E-state index in [1.807, 2.05) is 11.8 Å². The van der Waals surface area contributed by atoms with Crippen molar-refractivity contribution in [2.24, 2.45) is 0 Å². The second-order valence-corrected chi connectivity index (χ2v) is 7.10. The second kappa shape index (κ2) is 5.83. The molecule has 0 aliphatic heterocycles. The van der Waals surface area contributed by atoms with E-state index in [4.69, 9.17) is 0 Å². The van der Waals surface area contributed by atoms with Crippen molar-refractivity contribution >= 4 is 11.8 Å². The van der Waals surface area contributed by atoms with Crippen molar-refractivity contribution < 1.29 is 0 Å². The van der Waals surface area contributed by atoms with Crippen LogP contribution in [0.2, 0.25) is 0 Å². The van der Waals surface area contributed by atoms with Gasteiger partial charge in [0.25, 0.3) is 0 Å². The molecule has 0 spiro atoms. The summed E-state index contributed by atoms with van der Waals surface area (Å²) in [5.74, 6) is 1.04. The zero-order valence-electron chi connectivity index (χ0n) is 12.2. The molecule has 0 heterocycles. The van der Waals surface area contributed by atoms with E-state index in [2.05, 4.69) is 76.2 Å². The van der Waals surface area contributed by atoms with Crippen LogP contribution in [-0.4, -0.2) is 0 Å². The van der Waals surface area contributed by atoms with E-state index in [1.54, 1.807) is 0 Å². The maximum Gasteiger partial charge on any atom is 0.0231 e. The van der Waals surface area contributed by atoms with Crippen LogP contribution in [0.25, 0.3) is 0 Å². The topological polar surface area (TPSA) is 0 Å². The molecule has 0 saturated heterocycles. The standard InChI is InChI=1S/C18H22S/c1-14-5-7-15(8-6-14)13-19-17-11-9-16(10-12-17)18(2,3)4/h5-12H,13H2,1-4H3. The minimum atomic E-state index is 0.236. The molecule has 0 fully saturated rings. The molecule has 19 heavy (non-hydrogen) atoms. The Labute approximate surface area is 121 Å². The van der Waals surface area contributed by atoms with Gasteiger partial charge in [-0.05, 0) is 35.6 Å². The number of thioether (sulfide) groups is 1. The molecular weight excluding hydrogens is 248 g/mol. The maximum atomic E-state index is 2.25. The molecule has 0 atom stereocenters. The summed E-state index contributed by atoms with van der Waals surface area (Å²) in [6.07, 6.45) is 0. The van der Waals surface area contributed by atoms with Crippen molar-refractivity contribution in [2.75, 3.05) is 0 Å². The zero-order valence-corrected chi connectivity index (χ0v) is 13.1. The molecule has 2 aromatic rings. The van der Waals surface area contributed by atoms with Gasteiger partial charge in [0.2, 0.25) is 0 Å². The predicted octanol–water partition coefficient (Wildman–Crippen LogP) is 5.58. The molecule has 2 rings (SSSR count). The first kappa shape index (κ1) is 14.2. The average Bonchev–Trinajstić information content (AvgIpc) is 2.37. The van der Waals surface area contributed by atoms with E-state index < -0.39 is 0 Å². The highest BCUT2D eigenvalue weighted by atomic mass is 32.2. The third-order valence-electron chi connectivity index (χ3n) is 3.25. The van der Waals surface area contributed by atoms with E-state index in [1.165, 1.54) is 21.6 Å². The lowest BCUT2D eigenvalue weighted by Crippen LogP contribution is -2.10. The molecule has 0 N–H and O–H groups in total. The quantitative estimate of drug-likeness (QED) is 0.656. The monoisotopic (exact) mass is 270 g/mol. The fourth-order valence-electron chi connectivity index (χ4n) is 1.90. The molecule has 0 nitrogen and oxygen atoms in total. The smallest absolute Gasteiger partial charge is 0.0231 e. The van der Waals surface area contributed by atoms with Gasteiger partial charge in [-0.25, -0.2) is 0 Å². The molecule has 0 radical (unpaired) electrons. The first-order chi connectivity index (χ1) is 8.95. The van der Waals surface area contributed by atoms with Gasteiger partial charge >= 0.3 is 0 Å². The number of hydrogen-bond donors (Lipinski definition) is 0.